The Bertz CT molecular complexity index is 649. The van der Waals surface area contributed by atoms with E-state index in [4.69, 9.17) is 27.8 Å². The molecule has 3 nitrogen and oxygen atoms in total. The van der Waals surface area contributed by atoms with Gasteiger partial charge in [0.15, 0.2) is 11.6 Å². The van der Waals surface area contributed by atoms with Crippen LogP contribution in [0.25, 0.3) is 0 Å². The average molecular weight is 346 g/mol. The number of hydrogen-bond acceptors (Lipinski definition) is 3. The van der Waals surface area contributed by atoms with Crippen LogP contribution in [0.4, 0.5) is 15.8 Å². The van der Waals surface area contributed by atoms with E-state index in [0.29, 0.717) is 5.75 Å². The fraction of sp³-hybridized carbons (Fsp3) is 0.0769. The smallest absolute Gasteiger partial charge is 0.188 e. The fourth-order valence-electron chi connectivity index (χ4n) is 1.55. The topological polar surface area (TPSA) is 61.3 Å². The number of halogens is 3. The van der Waals surface area contributed by atoms with Crippen molar-refractivity contribution in [3.05, 3.63) is 45.1 Å². The third kappa shape index (κ3) is 2.77. The maximum atomic E-state index is 14.0. The molecule has 0 saturated carbocycles. The molecule has 0 aromatic heterocycles. The molecule has 0 saturated heterocycles. The first kappa shape index (κ1) is 14.0. The molecular weight excluding hydrogens is 335 g/mol. The number of nitrogens with two attached hydrogens (primary N) is 2. The van der Waals surface area contributed by atoms with E-state index in [0.717, 1.165) is 10.0 Å². The van der Waals surface area contributed by atoms with Crippen LogP contribution in [-0.4, -0.2) is 0 Å². The van der Waals surface area contributed by atoms with Gasteiger partial charge in [-0.3, -0.25) is 0 Å². The van der Waals surface area contributed by atoms with E-state index in [1.807, 2.05) is 6.92 Å². The lowest BCUT2D eigenvalue weighted by Crippen LogP contribution is -1.99. The molecule has 0 aliphatic rings. The van der Waals surface area contributed by atoms with Gasteiger partial charge in [-0.05, 0) is 36.8 Å². The van der Waals surface area contributed by atoms with Gasteiger partial charge in [-0.1, -0.05) is 27.5 Å². The molecule has 100 valence electrons. The van der Waals surface area contributed by atoms with Crippen LogP contribution in [0.1, 0.15) is 5.56 Å². The highest BCUT2D eigenvalue weighted by atomic mass is 79.9. The zero-order chi connectivity index (χ0) is 14.2. The molecule has 0 spiro atoms. The quantitative estimate of drug-likeness (QED) is 0.787. The molecule has 0 unspecified atom stereocenters. The van der Waals surface area contributed by atoms with Gasteiger partial charge in [0, 0.05) is 4.47 Å². The Morgan fingerprint density at radius 1 is 1.21 bits per heavy atom. The number of nitrogen functional groups attached to an aromatic ring is 2. The summed E-state index contributed by atoms with van der Waals surface area (Å²) in [6, 6.07) is 6.62. The summed E-state index contributed by atoms with van der Waals surface area (Å²) in [5, 5.41) is -0.196. The van der Waals surface area contributed by atoms with E-state index in [1.165, 1.54) is 6.07 Å². The third-order valence-electron chi connectivity index (χ3n) is 2.57. The zero-order valence-corrected chi connectivity index (χ0v) is 12.3. The largest absolute Gasteiger partial charge is 0.452 e. The summed E-state index contributed by atoms with van der Waals surface area (Å²) in [7, 11) is 0. The van der Waals surface area contributed by atoms with Crippen LogP contribution >= 0.6 is 27.5 Å². The van der Waals surface area contributed by atoms with Gasteiger partial charge in [0.2, 0.25) is 0 Å². The van der Waals surface area contributed by atoms with E-state index in [2.05, 4.69) is 15.9 Å². The van der Waals surface area contributed by atoms with Crippen LogP contribution in [-0.2, 0) is 0 Å². The zero-order valence-electron chi connectivity index (χ0n) is 10.0. The van der Waals surface area contributed by atoms with Crippen molar-refractivity contribution in [2.45, 2.75) is 6.92 Å². The molecule has 2 rings (SSSR count). The van der Waals surface area contributed by atoms with Crippen LogP contribution in [0, 0.1) is 12.7 Å². The van der Waals surface area contributed by atoms with Crippen LogP contribution < -0.4 is 16.2 Å². The second-order valence-corrected chi connectivity index (χ2v) is 5.26. The normalized spacial score (nSPS) is 10.5. The molecule has 6 heteroatoms. The van der Waals surface area contributed by atoms with Gasteiger partial charge >= 0.3 is 0 Å². The Morgan fingerprint density at radius 3 is 2.53 bits per heavy atom. The standard InChI is InChI=1S/C13H11BrClFN2O/c1-6-4-7(2-3-8(6)14)19-13-10(18)5-9(17)11(15)12(13)16/h2-5H,17-18H2,1H3. The first-order chi connectivity index (χ1) is 8.90. The average Bonchev–Trinajstić information content (AvgIpc) is 2.36. The first-order valence-corrected chi connectivity index (χ1v) is 6.54. The van der Waals surface area contributed by atoms with Crippen molar-refractivity contribution in [3.63, 3.8) is 0 Å². The minimum absolute atomic E-state index is 0.0796. The summed E-state index contributed by atoms with van der Waals surface area (Å²) in [5.41, 5.74) is 12.3. The Hall–Kier alpha value is -1.46. The molecule has 0 radical (unpaired) electrons. The van der Waals surface area contributed by atoms with Crippen molar-refractivity contribution in [3.8, 4) is 11.5 Å². The van der Waals surface area contributed by atoms with E-state index in [-0.39, 0.29) is 22.1 Å². The van der Waals surface area contributed by atoms with Gasteiger partial charge in [-0.25, -0.2) is 4.39 Å². The minimum Gasteiger partial charge on any atom is -0.452 e. The number of aryl methyl sites for hydroxylation is 1. The molecule has 4 N–H and O–H groups in total. The lowest BCUT2D eigenvalue weighted by atomic mass is 10.2. The van der Waals surface area contributed by atoms with E-state index in [1.54, 1.807) is 18.2 Å². The summed E-state index contributed by atoms with van der Waals surface area (Å²) in [4.78, 5) is 0. The molecule has 0 atom stereocenters. The van der Waals surface area contributed by atoms with Gasteiger partial charge in [0.05, 0.1) is 11.4 Å². The predicted molar refractivity (Wildman–Crippen MR) is 79.2 cm³/mol. The molecule has 2 aromatic rings. The van der Waals surface area contributed by atoms with Crippen molar-refractivity contribution in [1.82, 2.24) is 0 Å². The van der Waals surface area contributed by atoms with Crippen molar-refractivity contribution in [2.24, 2.45) is 0 Å². The highest BCUT2D eigenvalue weighted by molar-refractivity contribution is 9.10. The Kier molecular flexibility index (Phi) is 3.87. The van der Waals surface area contributed by atoms with Gasteiger partial charge in [0.1, 0.15) is 10.8 Å². The van der Waals surface area contributed by atoms with Gasteiger partial charge in [-0.2, -0.15) is 0 Å². The van der Waals surface area contributed by atoms with Crippen molar-refractivity contribution in [2.75, 3.05) is 11.5 Å². The number of rotatable bonds is 2. The number of benzene rings is 2. The predicted octanol–water partition coefficient (Wildman–Crippen LogP) is 4.51. The van der Waals surface area contributed by atoms with Crippen molar-refractivity contribution in [1.29, 1.82) is 0 Å². The second kappa shape index (κ2) is 5.27. The minimum atomic E-state index is -0.764. The summed E-state index contributed by atoms with van der Waals surface area (Å²) in [6.07, 6.45) is 0. The van der Waals surface area contributed by atoms with Gasteiger partial charge < -0.3 is 16.2 Å². The lowest BCUT2D eigenvalue weighted by molar-refractivity contribution is 0.445. The Morgan fingerprint density at radius 2 is 1.89 bits per heavy atom. The maximum absolute atomic E-state index is 14.0. The van der Waals surface area contributed by atoms with E-state index >= 15 is 0 Å². The molecule has 0 amide bonds. The fourth-order valence-corrected chi connectivity index (χ4v) is 1.94. The van der Waals surface area contributed by atoms with Gasteiger partial charge in [0.25, 0.3) is 0 Å². The van der Waals surface area contributed by atoms with Crippen LogP contribution in [0.3, 0.4) is 0 Å². The SMILES string of the molecule is Cc1cc(Oc2c(N)cc(N)c(Cl)c2F)ccc1Br. The number of anilines is 2. The van der Waals surface area contributed by atoms with Crippen LogP contribution in [0.2, 0.25) is 5.02 Å². The molecule has 0 aliphatic heterocycles. The summed E-state index contributed by atoms with van der Waals surface area (Å²) < 4.78 is 20.3. The second-order valence-electron chi connectivity index (χ2n) is 4.03. The summed E-state index contributed by atoms with van der Waals surface area (Å²) >= 11 is 9.11. The van der Waals surface area contributed by atoms with E-state index in [9.17, 15) is 4.39 Å². The molecule has 0 aliphatic carbocycles. The van der Waals surface area contributed by atoms with E-state index < -0.39 is 5.82 Å². The molecule has 2 aromatic carbocycles. The monoisotopic (exact) mass is 344 g/mol. The van der Waals surface area contributed by atoms with Crippen LogP contribution in [0.5, 0.6) is 11.5 Å². The van der Waals surface area contributed by atoms with Crippen molar-refractivity contribution >= 4 is 38.9 Å². The molecule has 19 heavy (non-hydrogen) atoms. The molecule has 0 fully saturated rings. The molecular formula is C13H11BrClFN2O. The number of hydrogen-bond donors (Lipinski definition) is 2. The molecule has 0 heterocycles. The maximum Gasteiger partial charge on any atom is 0.188 e. The Labute approximate surface area is 123 Å². The van der Waals surface area contributed by atoms with Gasteiger partial charge in [-0.15, -0.1) is 0 Å². The van der Waals surface area contributed by atoms with Crippen LogP contribution in [0.15, 0.2) is 28.7 Å². The highest BCUT2D eigenvalue weighted by Crippen LogP contribution is 2.38. The van der Waals surface area contributed by atoms with Crippen molar-refractivity contribution < 1.29 is 9.13 Å². The third-order valence-corrected chi connectivity index (χ3v) is 3.84. The number of ether oxygens (including phenoxy) is 1. The lowest BCUT2D eigenvalue weighted by Gasteiger charge is -2.12. The first-order valence-electron chi connectivity index (χ1n) is 5.37. The Balaban J connectivity index is 2.43. The molecule has 0 bridgehead atoms. The summed E-state index contributed by atoms with van der Waals surface area (Å²) in [6.45, 7) is 1.90. The highest BCUT2D eigenvalue weighted by Gasteiger charge is 2.16. The summed E-state index contributed by atoms with van der Waals surface area (Å²) in [5.74, 6) is -0.423.